The van der Waals surface area contributed by atoms with Crippen molar-refractivity contribution in [2.75, 3.05) is 61.3 Å². The van der Waals surface area contributed by atoms with Crippen molar-refractivity contribution in [1.29, 1.82) is 5.26 Å². The summed E-state index contributed by atoms with van der Waals surface area (Å²) in [6, 6.07) is 4.15. The Labute approximate surface area is 336 Å². The van der Waals surface area contributed by atoms with Crippen LogP contribution in [0.25, 0.3) is 11.5 Å². The standard InChI is InChI=1S/C40H51N13O3S/c1-24(2)52(38(54)49-17-19-50(20-18-49)39(55)53-43-23-25(3)46-53)32-21-29(44-37(45-32)51-16-8-15-48-14-7-10-30(48)26(51)4)34-27-9-5-12-40(35(27)47-56-34)13-6-11-31-33(40)28(22-41)36(42)57-31/h21,23-24,26,30H,5-20,42H2,1-4H3/t26?,30?,40-/m0/s1. The predicted molar refractivity (Wildman–Crippen MR) is 215 cm³/mol. The van der Waals surface area contributed by atoms with Crippen molar-refractivity contribution < 1.29 is 14.1 Å². The summed E-state index contributed by atoms with van der Waals surface area (Å²) in [6.07, 6.45) is 10.2. The molecule has 3 fully saturated rings. The van der Waals surface area contributed by atoms with Crippen molar-refractivity contribution in [1.82, 2.24) is 44.8 Å². The normalized spacial score (nSPS) is 23.6. The molecule has 1 spiro atoms. The van der Waals surface area contributed by atoms with Crippen LogP contribution in [0, 0.1) is 18.3 Å². The molecular formula is C40H51N13O3S. The summed E-state index contributed by atoms with van der Waals surface area (Å²) in [5.41, 5.74) is 10.8. The molecule has 4 aromatic rings. The first-order valence-corrected chi connectivity index (χ1v) is 21.4. The molecule has 0 saturated carbocycles. The van der Waals surface area contributed by atoms with Crippen molar-refractivity contribution in [2.24, 2.45) is 0 Å². The molecular weight excluding hydrogens is 743 g/mol. The lowest BCUT2D eigenvalue weighted by atomic mass is 9.62. The Kier molecular flexibility index (Phi) is 9.67. The van der Waals surface area contributed by atoms with Crippen LogP contribution in [0.1, 0.15) is 98.7 Å². The highest BCUT2D eigenvalue weighted by atomic mass is 32.1. The molecule has 2 N–H and O–H groups in total. The summed E-state index contributed by atoms with van der Waals surface area (Å²) in [5, 5.41) is 23.9. The molecule has 16 nitrogen and oxygen atoms in total. The molecule has 3 saturated heterocycles. The fourth-order valence-electron chi connectivity index (χ4n) is 10.2. The summed E-state index contributed by atoms with van der Waals surface area (Å²) in [7, 11) is 0. The van der Waals surface area contributed by atoms with E-state index in [4.69, 9.17) is 25.4 Å². The van der Waals surface area contributed by atoms with Gasteiger partial charge in [-0.05, 0) is 97.6 Å². The van der Waals surface area contributed by atoms with Gasteiger partial charge in [-0.3, -0.25) is 9.80 Å². The fourth-order valence-corrected chi connectivity index (χ4v) is 11.4. The Hall–Kier alpha value is -5.08. The van der Waals surface area contributed by atoms with E-state index in [2.05, 4.69) is 33.0 Å². The third-order valence-corrected chi connectivity index (χ3v) is 14.0. The van der Waals surface area contributed by atoms with Crippen molar-refractivity contribution in [3.8, 4) is 17.5 Å². The number of hydrogen-bond donors (Lipinski definition) is 1. The highest BCUT2D eigenvalue weighted by molar-refractivity contribution is 7.16. The summed E-state index contributed by atoms with van der Waals surface area (Å²) < 4.78 is 6.39. The summed E-state index contributed by atoms with van der Waals surface area (Å²) in [5.74, 6) is 1.67. The van der Waals surface area contributed by atoms with E-state index >= 15 is 0 Å². The molecule has 0 aromatic carbocycles. The van der Waals surface area contributed by atoms with Crippen LogP contribution in [-0.4, -0.2) is 121 Å². The summed E-state index contributed by atoms with van der Waals surface area (Å²) >= 11 is 1.54. The van der Waals surface area contributed by atoms with E-state index in [0.717, 1.165) is 92.6 Å². The molecule has 0 radical (unpaired) electrons. The van der Waals surface area contributed by atoms with Gasteiger partial charge in [0.25, 0.3) is 0 Å². The number of nitrogen functional groups attached to an aromatic ring is 1. The predicted octanol–water partition coefficient (Wildman–Crippen LogP) is 5.19. The number of hydrogen-bond acceptors (Lipinski definition) is 13. The van der Waals surface area contributed by atoms with E-state index < -0.39 is 5.41 Å². The fraction of sp³-hybridized carbons (Fsp3) is 0.600. The molecule has 4 aromatic heterocycles. The number of carbonyl (C=O) groups excluding carboxylic acids is 2. The van der Waals surface area contributed by atoms with Gasteiger partial charge >= 0.3 is 12.1 Å². The van der Waals surface area contributed by atoms with Crippen LogP contribution in [0.4, 0.5) is 26.4 Å². The third-order valence-electron chi connectivity index (χ3n) is 12.9. The number of aryl methyl sites for hydroxylation is 2. The van der Waals surface area contributed by atoms with Crippen LogP contribution < -0.4 is 15.5 Å². The second kappa shape index (κ2) is 14.7. The highest BCUT2D eigenvalue weighted by Gasteiger charge is 2.48. The second-order valence-corrected chi connectivity index (χ2v) is 17.7. The lowest BCUT2D eigenvalue weighted by molar-refractivity contribution is 0.142. The smallest absolute Gasteiger partial charge is 0.362 e. The van der Waals surface area contributed by atoms with Crippen molar-refractivity contribution in [3.63, 3.8) is 0 Å². The molecule has 17 heteroatoms. The zero-order valence-corrected chi connectivity index (χ0v) is 34.1. The van der Waals surface area contributed by atoms with Gasteiger partial charge in [0, 0.05) is 79.3 Å². The SMILES string of the molecule is Cc1cnn(C(=O)N2CCN(C(=O)N(c3cc(-c4onc5c4CCC[C@@]54CCCc5sc(N)c(C#N)c54)nc(N4CCCN5CCCC5C4C)n3)C(C)C)CC2)n1. The number of fused-ring (bicyclic) bond motifs is 5. The minimum atomic E-state index is -0.443. The van der Waals surface area contributed by atoms with E-state index in [1.165, 1.54) is 22.6 Å². The van der Waals surface area contributed by atoms with Gasteiger partial charge in [0.1, 0.15) is 22.6 Å². The summed E-state index contributed by atoms with van der Waals surface area (Å²) in [6.45, 7) is 12.4. The Morgan fingerprint density at radius 1 is 1.04 bits per heavy atom. The van der Waals surface area contributed by atoms with Gasteiger partial charge in [-0.25, -0.2) is 14.6 Å². The van der Waals surface area contributed by atoms with E-state index in [1.807, 2.05) is 19.9 Å². The quantitative estimate of drug-likeness (QED) is 0.286. The first-order valence-electron chi connectivity index (χ1n) is 20.5. The molecule has 0 bridgehead atoms. The number of nitrogens with zero attached hydrogens (tertiary/aromatic N) is 12. The van der Waals surface area contributed by atoms with E-state index in [-0.39, 0.29) is 24.1 Å². The molecule has 3 atom stereocenters. The largest absolute Gasteiger partial charge is 0.389 e. The molecule has 5 aliphatic rings. The number of urea groups is 1. The number of amides is 3. The zero-order chi connectivity index (χ0) is 39.6. The van der Waals surface area contributed by atoms with Crippen LogP contribution in [0.3, 0.4) is 0 Å². The number of piperazine rings is 1. The van der Waals surface area contributed by atoms with Crippen LogP contribution in [0.2, 0.25) is 0 Å². The lowest BCUT2D eigenvalue weighted by Gasteiger charge is -2.39. The second-order valence-electron chi connectivity index (χ2n) is 16.6. The molecule has 7 heterocycles. The first kappa shape index (κ1) is 37.5. The molecule has 57 heavy (non-hydrogen) atoms. The number of nitrogens with two attached hydrogens (primary N) is 1. The van der Waals surface area contributed by atoms with Crippen molar-refractivity contribution >= 4 is 40.2 Å². The molecule has 3 aliphatic heterocycles. The highest BCUT2D eigenvalue weighted by Crippen LogP contribution is 2.55. The Bertz CT molecular complexity index is 2230. The maximum absolute atomic E-state index is 14.6. The number of nitriles is 1. The average molecular weight is 794 g/mol. The number of rotatable bonds is 4. The van der Waals surface area contributed by atoms with E-state index in [0.29, 0.717) is 71.7 Å². The molecule has 9 rings (SSSR count). The van der Waals surface area contributed by atoms with Gasteiger partial charge in [0.05, 0.1) is 23.1 Å². The van der Waals surface area contributed by atoms with Crippen LogP contribution in [-0.2, 0) is 18.3 Å². The van der Waals surface area contributed by atoms with Gasteiger partial charge in [0.2, 0.25) is 5.95 Å². The van der Waals surface area contributed by atoms with Crippen molar-refractivity contribution in [3.05, 3.63) is 45.2 Å². The first-order chi connectivity index (χ1) is 27.6. The number of anilines is 3. The Morgan fingerprint density at radius 3 is 2.53 bits per heavy atom. The number of aromatic nitrogens is 6. The third kappa shape index (κ3) is 6.31. The topological polar surface area (TPSA) is 183 Å². The Balaban J connectivity index is 1.10. The van der Waals surface area contributed by atoms with E-state index in [9.17, 15) is 14.9 Å². The van der Waals surface area contributed by atoms with Gasteiger partial charge in [-0.2, -0.15) is 15.3 Å². The summed E-state index contributed by atoms with van der Waals surface area (Å²) in [4.78, 5) is 50.7. The zero-order valence-electron chi connectivity index (χ0n) is 33.3. The maximum atomic E-state index is 14.6. The van der Waals surface area contributed by atoms with Gasteiger partial charge in [-0.1, -0.05) is 9.95 Å². The van der Waals surface area contributed by atoms with Gasteiger partial charge in [0.15, 0.2) is 5.76 Å². The minimum absolute atomic E-state index is 0.168. The number of thiophene rings is 1. The van der Waals surface area contributed by atoms with Crippen LogP contribution in [0.15, 0.2) is 16.8 Å². The monoisotopic (exact) mass is 793 g/mol. The average Bonchev–Trinajstić information content (AvgIpc) is 4.01. The minimum Gasteiger partial charge on any atom is -0.389 e. The van der Waals surface area contributed by atoms with Crippen LogP contribution in [0.5, 0.6) is 0 Å². The molecule has 3 amide bonds. The maximum Gasteiger partial charge on any atom is 0.362 e. The molecule has 300 valence electrons. The Morgan fingerprint density at radius 2 is 1.79 bits per heavy atom. The van der Waals surface area contributed by atoms with Gasteiger partial charge < -0.3 is 25.0 Å². The van der Waals surface area contributed by atoms with Crippen molar-refractivity contribution in [2.45, 2.75) is 109 Å². The molecule has 2 aliphatic carbocycles. The molecule has 2 unspecified atom stereocenters. The van der Waals surface area contributed by atoms with Gasteiger partial charge in [-0.15, -0.1) is 16.4 Å². The lowest BCUT2D eigenvalue weighted by Crippen LogP contribution is -2.56. The number of carbonyl (C=O) groups is 2. The van der Waals surface area contributed by atoms with Crippen LogP contribution >= 0.6 is 11.3 Å². The van der Waals surface area contributed by atoms with E-state index in [1.54, 1.807) is 27.8 Å².